The molecule has 0 aliphatic heterocycles. The van der Waals surface area contributed by atoms with E-state index in [0.29, 0.717) is 5.56 Å². The Morgan fingerprint density at radius 3 is 2.33 bits per heavy atom. The summed E-state index contributed by atoms with van der Waals surface area (Å²) in [5.74, 6) is -1.86. The Bertz CT molecular complexity index is 490. The number of aliphatic carboxylic acids is 1. The number of halogens is 3. The van der Waals surface area contributed by atoms with E-state index < -0.39 is 12.3 Å². The molecule has 1 aromatic carbocycles. The minimum Gasteiger partial charge on any atom is -0.481 e. The van der Waals surface area contributed by atoms with E-state index in [-0.39, 0.29) is 29.7 Å². The van der Waals surface area contributed by atoms with Crippen LogP contribution in [0.2, 0.25) is 0 Å². The third-order valence-corrected chi connectivity index (χ3v) is 3.02. The molecule has 0 heterocycles. The number of benzene rings is 1. The Morgan fingerprint density at radius 1 is 1.19 bits per heavy atom. The number of hydrogen-bond donors (Lipinski definition) is 2. The summed E-state index contributed by atoms with van der Waals surface area (Å²) in [5.41, 5.74) is 0.598. The second-order valence-corrected chi connectivity index (χ2v) is 4.84. The third-order valence-electron chi connectivity index (χ3n) is 2.11. The van der Waals surface area contributed by atoms with Crippen molar-refractivity contribution in [3.8, 4) is 5.75 Å². The molecule has 21 heavy (non-hydrogen) atoms. The van der Waals surface area contributed by atoms with E-state index in [1.165, 1.54) is 12.1 Å². The van der Waals surface area contributed by atoms with E-state index in [2.05, 4.69) is 10.1 Å². The third kappa shape index (κ3) is 8.08. The van der Waals surface area contributed by atoms with Crippen LogP contribution < -0.4 is 10.1 Å². The number of amides is 1. The standard InChI is InChI=1S/C12H12F3NO4S/c13-12(14,15)20-9-3-1-8(2-4-9)5-16-10(17)6-21-7-11(18)19/h1-4H,5-7H2,(H,16,17)(H,18,19). The predicted molar refractivity (Wildman–Crippen MR) is 69.9 cm³/mol. The van der Waals surface area contributed by atoms with Crippen molar-refractivity contribution in [1.29, 1.82) is 0 Å². The van der Waals surface area contributed by atoms with Crippen LogP contribution in [-0.4, -0.2) is 34.9 Å². The number of alkyl halides is 3. The first-order chi connectivity index (χ1) is 9.76. The lowest BCUT2D eigenvalue weighted by Crippen LogP contribution is -2.25. The van der Waals surface area contributed by atoms with E-state index in [9.17, 15) is 22.8 Å². The molecule has 0 radical (unpaired) electrons. The van der Waals surface area contributed by atoms with Gasteiger partial charge in [0.25, 0.3) is 0 Å². The number of carbonyl (C=O) groups excluding carboxylic acids is 1. The molecule has 1 aromatic rings. The first-order valence-corrected chi connectivity index (χ1v) is 6.82. The van der Waals surface area contributed by atoms with Crippen LogP contribution in [0.3, 0.4) is 0 Å². The fourth-order valence-corrected chi connectivity index (χ4v) is 1.86. The average molecular weight is 323 g/mol. The summed E-state index contributed by atoms with van der Waals surface area (Å²) in [7, 11) is 0. The molecular weight excluding hydrogens is 311 g/mol. The summed E-state index contributed by atoms with van der Waals surface area (Å²) in [6, 6.07) is 5.08. The lowest BCUT2D eigenvalue weighted by molar-refractivity contribution is -0.274. The van der Waals surface area contributed by atoms with Gasteiger partial charge >= 0.3 is 12.3 Å². The molecule has 0 spiro atoms. The minimum absolute atomic E-state index is 0.00156. The number of rotatable bonds is 7. The summed E-state index contributed by atoms with van der Waals surface area (Å²) in [6.07, 6.45) is -4.74. The Morgan fingerprint density at radius 2 is 1.81 bits per heavy atom. The maximum absolute atomic E-state index is 11.9. The highest BCUT2D eigenvalue weighted by Gasteiger charge is 2.30. The molecule has 9 heteroatoms. The molecule has 0 saturated heterocycles. The molecule has 2 N–H and O–H groups in total. The van der Waals surface area contributed by atoms with Gasteiger partial charge in [-0.1, -0.05) is 12.1 Å². The minimum atomic E-state index is -4.74. The second kappa shape index (κ2) is 7.77. The second-order valence-electron chi connectivity index (χ2n) is 3.86. The van der Waals surface area contributed by atoms with E-state index in [4.69, 9.17) is 5.11 Å². The molecular formula is C12H12F3NO4S. The van der Waals surface area contributed by atoms with Gasteiger partial charge in [0.2, 0.25) is 5.91 Å². The number of ether oxygens (including phenoxy) is 1. The van der Waals surface area contributed by atoms with Gasteiger partial charge in [-0.05, 0) is 17.7 Å². The maximum atomic E-state index is 11.9. The van der Waals surface area contributed by atoms with E-state index in [1.54, 1.807) is 0 Å². The first-order valence-electron chi connectivity index (χ1n) is 5.67. The number of hydrogen-bond acceptors (Lipinski definition) is 4. The van der Waals surface area contributed by atoms with Crippen LogP contribution in [0.5, 0.6) is 5.75 Å². The van der Waals surface area contributed by atoms with Crippen molar-refractivity contribution in [1.82, 2.24) is 5.32 Å². The van der Waals surface area contributed by atoms with Crippen LogP contribution in [0.4, 0.5) is 13.2 Å². The van der Waals surface area contributed by atoms with Gasteiger partial charge in [0.1, 0.15) is 5.75 Å². The number of carboxylic acids is 1. The quantitative estimate of drug-likeness (QED) is 0.803. The van der Waals surface area contributed by atoms with Crippen molar-refractivity contribution in [3.63, 3.8) is 0 Å². The lowest BCUT2D eigenvalue weighted by Gasteiger charge is -2.09. The van der Waals surface area contributed by atoms with E-state index >= 15 is 0 Å². The van der Waals surface area contributed by atoms with Gasteiger partial charge in [0.05, 0.1) is 11.5 Å². The predicted octanol–water partition coefficient (Wildman–Crippen LogP) is 2.02. The van der Waals surface area contributed by atoms with E-state index in [0.717, 1.165) is 23.9 Å². The van der Waals surface area contributed by atoms with Crippen molar-refractivity contribution >= 4 is 23.6 Å². The summed E-state index contributed by atoms with van der Waals surface area (Å²) in [5, 5.41) is 10.9. The van der Waals surface area contributed by atoms with Crippen LogP contribution >= 0.6 is 11.8 Å². The van der Waals surface area contributed by atoms with Crippen molar-refractivity contribution in [2.24, 2.45) is 0 Å². The fraction of sp³-hybridized carbons (Fsp3) is 0.333. The van der Waals surface area contributed by atoms with Crippen LogP contribution in [-0.2, 0) is 16.1 Å². The van der Waals surface area contributed by atoms with Gasteiger partial charge in [-0.25, -0.2) is 0 Å². The van der Waals surface area contributed by atoms with Crippen LogP contribution in [0.15, 0.2) is 24.3 Å². The zero-order valence-electron chi connectivity index (χ0n) is 10.6. The monoisotopic (exact) mass is 323 g/mol. The van der Waals surface area contributed by atoms with Gasteiger partial charge in [-0.3, -0.25) is 9.59 Å². The number of carbonyl (C=O) groups is 2. The molecule has 0 saturated carbocycles. The molecule has 0 aliphatic rings. The smallest absolute Gasteiger partial charge is 0.481 e. The van der Waals surface area contributed by atoms with Gasteiger partial charge in [-0.15, -0.1) is 24.9 Å². The summed E-state index contributed by atoms with van der Waals surface area (Å²) in [6.45, 7) is 0.138. The lowest BCUT2D eigenvalue weighted by atomic mass is 10.2. The summed E-state index contributed by atoms with van der Waals surface area (Å²) < 4.78 is 39.6. The van der Waals surface area contributed by atoms with Gasteiger partial charge in [0.15, 0.2) is 0 Å². The van der Waals surface area contributed by atoms with Crippen LogP contribution in [0, 0.1) is 0 Å². The molecule has 1 amide bonds. The highest BCUT2D eigenvalue weighted by Crippen LogP contribution is 2.22. The molecule has 116 valence electrons. The average Bonchev–Trinajstić information content (AvgIpc) is 2.35. The van der Waals surface area contributed by atoms with Gasteiger partial charge < -0.3 is 15.2 Å². The molecule has 5 nitrogen and oxygen atoms in total. The molecule has 0 atom stereocenters. The topological polar surface area (TPSA) is 75.6 Å². The molecule has 0 unspecified atom stereocenters. The first kappa shape index (κ1) is 17.2. The SMILES string of the molecule is O=C(O)CSCC(=O)NCc1ccc(OC(F)(F)F)cc1. The molecule has 0 aliphatic carbocycles. The largest absolute Gasteiger partial charge is 0.573 e. The van der Waals surface area contributed by atoms with E-state index in [1.807, 2.05) is 0 Å². The zero-order chi connectivity index (χ0) is 15.9. The molecule has 0 aromatic heterocycles. The number of thioether (sulfide) groups is 1. The zero-order valence-corrected chi connectivity index (χ0v) is 11.5. The summed E-state index contributed by atoms with van der Waals surface area (Å²) >= 11 is 0.957. The van der Waals surface area contributed by atoms with Crippen LogP contribution in [0.1, 0.15) is 5.56 Å². The molecule has 0 bridgehead atoms. The van der Waals surface area contributed by atoms with Gasteiger partial charge in [0, 0.05) is 6.54 Å². The Labute approximate surface area is 122 Å². The number of carboxylic acid groups (broad SMARTS) is 1. The van der Waals surface area contributed by atoms with Crippen molar-refractivity contribution in [2.75, 3.05) is 11.5 Å². The Hall–Kier alpha value is -1.90. The van der Waals surface area contributed by atoms with Gasteiger partial charge in [-0.2, -0.15) is 0 Å². The Balaban J connectivity index is 2.35. The molecule has 0 fully saturated rings. The van der Waals surface area contributed by atoms with Crippen molar-refractivity contribution < 1.29 is 32.6 Å². The van der Waals surface area contributed by atoms with Crippen molar-refractivity contribution in [3.05, 3.63) is 29.8 Å². The summed E-state index contributed by atoms with van der Waals surface area (Å²) in [4.78, 5) is 21.6. The number of nitrogens with one attached hydrogen (secondary N) is 1. The highest BCUT2D eigenvalue weighted by atomic mass is 32.2. The normalized spacial score (nSPS) is 11.0. The van der Waals surface area contributed by atoms with Crippen LogP contribution in [0.25, 0.3) is 0 Å². The van der Waals surface area contributed by atoms with Crippen molar-refractivity contribution in [2.45, 2.75) is 12.9 Å². The molecule has 1 rings (SSSR count). The maximum Gasteiger partial charge on any atom is 0.573 e. The fourth-order valence-electron chi connectivity index (χ4n) is 1.29. The Kier molecular flexibility index (Phi) is 6.35. The highest BCUT2D eigenvalue weighted by molar-refractivity contribution is 8.00.